The summed E-state index contributed by atoms with van der Waals surface area (Å²) >= 11 is 0. The third-order valence-corrected chi connectivity index (χ3v) is 5.00. The lowest BCUT2D eigenvalue weighted by atomic mass is 9.85. The number of amides is 1. The molecule has 0 aromatic heterocycles. The fourth-order valence-corrected chi connectivity index (χ4v) is 3.61. The number of hydrogen-bond donors (Lipinski definition) is 2. The highest BCUT2D eigenvalue weighted by Crippen LogP contribution is 2.27. The first-order valence-electron chi connectivity index (χ1n) is 8.23. The first-order chi connectivity index (χ1) is 9.25. The Labute approximate surface area is 117 Å². The molecule has 3 nitrogen and oxygen atoms in total. The van der Waals surface area contributed by atoms with E-state index in [0.717, 1.165) is 25.6 Å². The maximum atomic E-state index is 11.9. The summed E-state index contributed by atoms with van der Waals surface area (Å²) < 4.78 is 0. The topological polar surface area (TPSA) is 41.1 Å². The van der Waals surface area contributed by atoms with Crippen LogP contribution in [-0.4, -0.2) is 25.5 Å². The Bertz CT molecular complexity index is 268. The zero-order chi connectivity index (χ0) is 13.5. The summed E-state index contributed by atoms with van der Waals surface area (Å²) in [6.07, 6.45) is 9.97. The van der Waals surface area contributed by atoms with Gasteiger partial charge in [0.15, 0.2) is 0 Å². The molecule has 2 aliphatic rings. The van der Waals surface area contributed by atoms with Crippen molar-refractivity contribution in [3.05, 3.63) is 0 Å². The molecular formula is C16H30N2O. The van der Waals surface area contributed by atoms with E-state index in [1.165, 1.54) is 44.9 Å². The molecule has 2 unspecified atom stereocenters. The highest BCUT2D eigenvalue weighted by atomic mass is 16.1. The van der Waals surface area contributed by atoms with Crippen molar-refractivity contribution in [2.75, 3.05) is 19.6 Å². The first-order valence-corrected chi connectivity index (χ1v) is 8.23. The van der Waals surface area contributed by atoms with Gasteiger partial charge in [0.1, 0.15) is 0 Å². The fourth-order valence-electron chi connectivity index (χ4n) is 3.61. The molecule has 1 heterocycles. The van der Waals surface area contributed by atoms with E-state index >= 15 is 0 Å². The summed E-state index contributed by atoms with van der Waals surface area (Å²) in [6, 6.07) is 0. The molecule has 0 radical (unpaired) electrons. The standard InChI is InChI=1S/C16H30N2O/c1-13(15-7-4-9-17-12-15)11-16(19)18-10-8-14-5-2-3-6-14/h13-15,17H,2-12H2,1H3,(H,18,19). The van der Waals surface area contributed by atoms with Gasteiger partial charge in [-0.05, 0) is 50.1 Å². The summed E-state index contributed by atoms with van der Waals surface area (Å²) in [6.45, 7) is 5.36. The summed E-state index contributed by atoms with van der Waals surface area (Å²) in [5, 5.41) is 6.56. The third kappa shape index (κ3) is 5.13. The largest absolute Gasteiger partial charge is 0.356 e. The Balaban J connectivity index is 1.57. The molecule has 1 saturated carbocycles. The Morgan fingerprint density at radius 2 is 2.05 bits per heavy atom. The number of nitrogens with one attached hydrogen (secondary N) is 2. The smallest absolute Gasteiger partial charge is 0.220 e. The van der Waals surface area contributed by atoms with Crippen molar-refractivity contribution in [1.82, 2.24) is 10.6 Å². The molecule has 0 aromatic carbocycles. The first kappa shape index (κ1) is 14.8. The van der Waals surface area contributed by atoms with Gasteiger partial charge in [-0.1, -0.05) is 32.6 Å². The van der Waals surface area contributed by atoms with E-state index in [2.05, 4.69) is 17.6 Å². The van der Waals surface area contributed by atoms with Crippen molar-refractivity contribution < 1.29 is 4.79 Å². The van der Waals surface area contributed by atoms with Crippen molar-refractivity contribution in [2.24, 2.45) is 17.8 Å². The van der Waals surface area contributed by atoms with Crippen LogP contribution in [0.15, 0.2) is 0 Å². The third-order valence-electron chi connectivity index (χ3n) is 5.00. The lowest BCUT2D eigenvalue weighted by Crippen LogP contribution is -2.35. The number of hydrogen-bond acceptors (Lipinski definition) is 2. The van der Waals surface area contributed by atoms with Crippen molar-refractivity contribution in [3.8, 4) is 0 Å². The van der Waals surface area contributed by atoms with Crippen LogP contribution in [0.2, 0.25) is 0 Å². The van der Waals surface area contributed by atoms with Crippen LogP contribution in [0.1, 0.15) is 58.3 Å². The van der Waals surface area contributed by atoms with Gasteiger partial charge in [0, 0.05) is 13.0 Å². The number of rotatable bonds is 6. The van der Waals surface area contributed by atoms with E-state index in [4.69, 9.17) is 0 Å². The molecule has 1 saturated heterocycles. The van der Waals surface area contributed by atoms with E-state index in [1.807, 2.05) is 0 Å². The predicted molar refractivity (Wildman–Crippen MR) is 79.0 cm³/mol. The van der Waals surface area contributed by atoms with Crippen LogP contribution in [-0.2, 0) is 4.79 Å². The molecule has 1 amide bonds. The van der Waals surface area contributed by atoms with E-state index < -0.39 is 0 Å². The van der Waals surface area contributed by atoms with Gasteiger partial charge in [-0.2, -0.15) is 0 Å². The van der Waals surface area contributed by atoms with Crippen molar-refractivity contribution in [3.63, 3.8) is 0 Å². The number of carbonyl (C=O) groups excluding carboxylic acids is 1. The molecule has 19 heavy (non-hydrogen) atoms. The molecule has 0 bridgehead atoms. The number of carbonyl (C=O) groups is 1. The van der Waals surface area contributed by atoms with Gasteiger partial charge in [0.2, 0.25) is 5.91 Å². The average molecular weight is 266 g/mol. The molecule has 2 fully saturated rings. The van der Waals surface area contributed by atoms with Crippen LogP contribution in [0.25, 0.3) is 0 Å². The van der Waals surface area contributed by atoms with Crippen LogP contribution in [0, 0.1) is 17.8 Å². The van der Waals surface area contributed by atoms with Crippen LogP contribution < -0.4 is 10.6 Å². The minimum absolute atomic E-state index is 0.260. The fraction of sp³-hybridized carbons (Fsp3) is 0.938. The van der Waals surface area contributed by atoms with Gasteiger partial charge in [-0.25, -0.2) is 0 Å². The van der Waals surface area contributed by atoms with Gasteiger partial charge >= 0.3 is 0 Å². The molecule has 0 spiro atoms. The lowest BCUT2D eigenvalue weighted by Gasteiger charge is -2.28. The zero-order valence-electron chi connectivity index (χ0n) is 12.4. The van der Waals surface area contributed by atoms with Crippen molar-refractivity contribution >= 4 is 5.91 Å². The second-order valence-corrected chi connectivity index (χ2v) is 6.58. The molecule has 0 aromatic rings. The van der Waals surface area contributed by atoms with Crippen LogP contribution in [0.5, 0.6) is 0 Å². The summed E-state index contributed by atoms with van der Waals surface area (Å²) in [7, 11) is 0. The molecule has 3 heteroatoms. The van der Waals surface area contributed by atoms with Crippen LogP contribution >= 0.6 is 0 Å². The van der Waals surface area contributed by atoms with E-state index in [0.29, 0.717) is 18.3 Å². The predicted octanol–water partition coefficient (Wildman–Crippen LogP) is 2.71. The number of piperidine rings is 1. The monoisotopic (exact) mass is 266 g/mol. The molecular weight excluding hydrogens is 236 g/mol. The summed E-state index contributed by atoms with van der Waals surface area (Å²) in [5.41, 5.74) is 0. The Kier molecular flexibility index (Phi) is 6.15. The highest BCUT2D eigenvalue weighted by molar-refractivity contribution is 5.76. The molecule has 2 N–H and O–H groups in total. The normalized spacial score (nSPS) is 26.3. The van der Waals surface area contributed by atoms with Crippen molar-refractivity contribution in [1.29, 1.82) is 0 Å². The van der Waals surface area contributed by atoms with Crippen LogP contribution in [0.3, 0.4) is 0 Å². The summed E-state index contributed by atoms with van der Waals surface area (Å²) in [4.78, 5) is 11.9. The van der Waals surface area contributed by atoms with Gasteiger partial charge in [0.05, 0.1) is 0 Å². The molecule has 1 aliphatic heterocycles. The van der Waals surface area contributed by atoms with E-state index in [9.17, 15) is 4.79 Å². The Morgan fingerprint density at radius 1 is 1.26 bits per heavy atom. The maximum Gasteiger partial charge on any atom is 0.220 e. The summed E-state index contributed by atoms with van der Waals surface area (Å²) in [5.74, 6) is 2.34. The SMILES string of the molecule is CC(CC(=O)NCCC1CCCC1)C1CCCNC1. The Morgan fingerprint density at radius 3 is 2.74 bits per heavy atom. The molecule has 2 atom stereocenters. The minimum atomic E-state index is 0.260. The Hall–Kier alpha value is -0.570. The average Bonchev–Trinajstić information content (AvgIpc) is 2.93. The molecule has 1 aliphatic carbocycles. The quantitative estimate of drug-likeness (QED) is 0.776. The van der Waals surface area contributed by atoms with E-state index in [-0.39, 0.29) is 5.91 Å². The van der Waals surface area contributed by atoms with Crippen molar-refractivity contribution in [2.45, 2.75) is 58.3 Å². The second kappa shape index (κ2) is 7.88. The van der Waals surface area contributed by atoms with Gasteiger partial charge in [0.25, 0.3) is 0 Å². The van der Waals surface area contributed by atoms with Gasteiger partial charge < -0.3 is 10.6 Å². The van der Waals surface area contributed by atoms with Crippen LogP contribution in [0.4, 0.5) is 0 Å². The molecule has 110 valence electrons. The minimum Gasteiger partial charge on any atom is -0.356 e. The molecule has 2 rings (SSSR count). The van der Waals surface area contributed by atoms with E-state index in [1.54, 1.807) is 0 Å². The second-order valence-electron chi connectivity index (χ2n) is 6.58. The lowest BCUT2D eigenvalue weighted by molar-refractivity contribution is -0.122. The van der Waals surface area contributed by atoms with Gasteiger partial charge in [-0.3, -0.25) is 4.79 Å². The highest BCUT2D eigenvalue weighted by Gasteiger charge is 2.22. The zero-order valence-corrected chi connectivity index (χ0v) is 12.4. The van der Waals surface area contributed by atoms with Gasteiger partial charge in [-0.15, -0.1) is 0 Å². The maximum absolute atomic E-state index is 11.9.